The van der Waals surface area contributed by atoms with Crippen molar-refractivity contribution in [1.82, 2.24) is 0 Å². The Labute approximate surface area is 146 Å². The fourth-order valence-electron chi connectivity index (χ4n) is 2.56. The summed E-state index contributed by atoms with van der Waals surface area (Å²) in [7, 11) is 1.70. The van der Waals surface area contributed by atoms with E-state index in [4.69, 9.17) is 9.47 Å². The second-order valence-electron chi connectivity index (χ2n) is 5.94. The minimum absolute atomic E-state index is 0.605. The Morgan fingerprint density at radius 2 is 1.79 bits per heavy atom. The topological polar surface area (TPSA) is 18.5 Å². The van der Waals surface area contributed by atoms with Crippen molar-refractivity contribution < 1.29 is 9.47 Å². The number of hydrogen-bond donors (Lipinski definition) is 0. The van der Waals surface area contributed by atoms with Gasteiger partial charge in [-0.25, -0.2) is 0 Å². The molecule has 0 aliphatic heterocycles. The first kappa shape index (κ1) is 18.3. The second kappa shape index (κ2) is 10.7. The molecule has 0 aliphatic rings. The highest BCUT2D eigenvalue weighted by molar-refractivity contribution is 5.56. The first-order chi connectivity index (χ1) is 11.8. The fourth-order valence-corrected chi connectivity index (χ4v) is 2.56. The van der Waals surface area contributed by atoms with E-state index < -0.39 is 0 Å². The molecule has 0 aliphatic carbocycles. The molecule has 2 nitrogen and oxygen atoms in total. The van der Waals surface area contributed by atoms with E-state index in [1.54, 1.807) is 7.11 Å². The third-order valence-electron chi connectivity index (χ3n) is 3.99. The summed E-state index contributed by atoms with van der Waals surface area (Å²) in [4.78, 5) is 0. The van der Waals surface area contributed by atoms with Gasteiger partial charge in [-0.05, 0) is 41.7 Å². The zero-order chi connectivity index (χ0) is 17.0. The normalized spacial score (nSPS) is 11.1. The van der Waals surface area contributed by atoms with E-state index >= 15 is 0 Å². The first-order valence-electron chi connectivity index (χ1n) is 8.78. The van der Waals surface area contributed by atoms with Gasteiger partial charge in [0, 0.05) is 0 Å². The van der Waals surface area contributed by atoms with Crippen molar-refractivity contribution in [2.45, 2.75) is 45.8 Å². The molecule has 2 aromatic rings. The molecule has 2 rings (SSSR count). The van der Waals surface area contributed by atoms with E-state index in [9.17, 15) is 0 Å². The van der Waals surface area contributed by atoms with Crippen LogP contribution >= 0.6 is 0 Å². The van der Waals surface area contributed by atoms with E-state index in [1.165, 1.54) is 36.0 Å². The summed E-state index contributed by atoms with van der Waals surface area (Å²) < 4.78 is 11.2. The summed E-state index contributed by atoms with van der Waals surface area (Å²) >= 11 is 0. The summed E-state index contributed by atoms with van der Waals surface area (Å²) in [5.41, 5.74) is 3.57. The van der Waals surface area contributed by atoms with Gasteiger partial charge in [-0.1, -0.05) is 68.3 Å². The largest absolute Gasteiger partial charge is 0.497 e. The van der Waals surface area contributed by atoms with Crippen LogP contribution in [0, 0.1) is 0 Å². The molecular formula is C22H28O2. The van der Waals surface area contributed by atoms with Gasteiger partial charge in [0.2, 0.25) is 0 Å². The molecule has 0 heterocycles. The lowest BCUT2D eigenvalue weighted by molar-refractivity contribution is 0.107. The summed E-state index contributed by atoms with van der Waals surface area (Å²) in [6, 6.07) is 16.4. The lowest BCUT2D eigenvalue weighted by atomic mass is 10.1. The van der Waals surface area contributed by atoms with Crippen LogP contribution in [0.3, 0.4) is 0 Å². The molecule has 24 heavy (non-hydrogen) atoms. The Morgan fingerprint density at radius 3 is 2.54 bits per heavy atom. The molecule has 0 amide bonds. The number of rotatable bonds is 10. The van der Waals surface area contributed by atoms with Crippen molar-refractivity contribution in [3.63, 3.8) is 0 Å². The maximum Gasteiger partial charge on any atom is 0.119 e. The maximum atomic E-state index is 5.89. The lowest BCUT2D eigenvalue weighted by Crippen LogP contribution is -1.97. The molecule has 0 saturated carbocycles. The predicted molar refractivity (Wildman–Crippen MR) is 101 cm³/mol. The Balaban J connectivity index is 1.96. The highest BCUT2D eigenvalue weighted by Gasteiger charge is 2.03. The van der Waals surface area contributed by atoms with E-state index in [0.29, 0.717) is 13.2 Å². The van der Waals surface area contributed by atoms with Crippen LogP contribution in [0.15, 0.2) is 54.6 Å². The Kier molecular flexibility index (Phi) is 8.12. The minimum Gasteiger partial charge on any atom is -0.497 e. The van der Waals surface area contributed by atoms with Crippen molar-refractivity contribution >= 4 is 6.08 Å². The average Bonchev–Trinajstić information content (AvgIpc) is 2.63. The van der Waals surface area contributed by atoms with Crippen LogP contribution in [0.5, 0.6) is 5.75 Å². The SMILES string of the molecule is CCCCC/C=C/c1cc(OC)ccc1COCc1ccccc1. The summed E-state index contributed by atoms with van der Waals surface area (Å²) in [6.07, 6.45) is 9.36. The van der Waals surface area contributed by atoms with Crippen LogP contribution in [0.25, 0.3) is 6.08 Å². The third-order valence-corrected chi connectivity index (χ3v) is 3.99. The van der Waals surface area contributed by atoms with Gasteiger partial charge in [0.1, 0.15) is 5.75 Å². The quantitative estimate of drug-likeness (QED) is 0.499. The molecule has 128 valence electrons. The number of hydrogen-bond acceptors (Lipinski definition) is 2. The zero-order valence-electron chi connectivity index (χ0n) is 14.8. The molecule has 0 saturated heterocycles. The van der Waals surface area contributed by atoms with Gasteiger partial charge >= 0.3 is 0 Å². The van der Waals surface area contributed by atoms with Gasteiger partial charge in [0.15, 0.2) is 0 Å². The maximum absolute atomic E-state index is 5.89. The highest BCUT2D eigenvalue weighted by Crippen LogP contribution is 2.21. The average molecular weight is 324 g/mol. The van der Waals surface area contributed by atoms with Gasteiger partial charge in [-0.3, -0.25) is 0 Å². The van der Waals surface area contributed by atoms with E-state index in [1.807, 2.05) is 24.3 Å². The number of allylic oxidation sites excluding steroid dienone is 1. The molecule has 2 aromatic carbocycles. The molecule has 0 radical (unpaired) electrons. The van der Waals surface area contributed by atoms with E-state index in [0.717, 1.165) is 12.2 Å². The zero-order valence-corrected chi connectivity index (χ0v) is 14.8. The molecular weight excluding hydrogens is 296 g/mol. The van der Waals surface area contributed by atoms with Crippen LogP contribution in [-0.4, -0.2) is 7.11 Å². The van der Waals surface area contributed by atoms with Crippen molar-refractivity contribution in [1.29, 1.82) is 0 Å². The molecule has 0 N–H and O–H groups in total. The van der Waals surface area contributed by atoms with Gasteiger partial charge in [-0.2, -0.15) is 0 Å². The minimum atomic E-state index is 0.605. The summed E-state index contributed by atoms with van der Waals surface area (Å²) in [5, 5.41) is 0. The van der Waals surface area contributed by atoms with Crippen LogP contribution < -0.4 is 4.74 Å². The van der Waals surface area contributed by atoms with E-state index in [2.05, 4.69) is 43.3 Å². The van der Waals surface area contributed by atoms with Gasteiger partial charge in [0.05, 0.1) is 20.3 Å². The fraction of sp³-hybridized carbons (Fsp3) is 0.364. The Morgan fingerprint density at radius 1 is 0.958 bits per heavy atom. The smallest absolute Gasteiger partial charge is 0.119 e. The number of benzene rings is 2. The van der Waals surface area contributed by atoms with Crippen LogP contribution in [0.2, 0.25) is 0 Å². The second-order valence-corrected chi connectivity index (χ2v) is 5.94. The van der Waals surface area contributed by atoms with Crippen LogP contribution in [-0.2, 0) is 18.0 Å². The molecule has 0 aromatic heterocycles. The van der Waals surface area contributed by atoms with Gasteiger partial charge in [0.25, 0.3) is 0 Å². The summed E-state index contributed by atoms with van der Waals surface area (Å²) in [5.74, 6) is 0.884. The highest BCUT2D eigenvalue weighted by atomic mass is 16.5. The number of unbranched alkanes of at least 4 members (excludes halogenated alkanes) is 3. The first-order valence-corrected chi connectivity index (χ1v) is 8.78. The molecule has 0 spiro atoms. The number of ether oxygens (including phenoxy) is 2. The van der Waals surface area contributed by atoms with Crippen LogP contribution in [0.4, 0.5) is 0 Å². The number of methoxy groups -OCH3 is 1. The van der Waals surface area contributed by atoms with Crippen molar-refractivity contribution in [2.75, 3.05) is 7.11 Å². The Hall–Kier alpha value is -2.06. The Bertz CT molecular complexity index is 617. The summed E-state index contributed by atoms with van der Waals surface area (Å²) in [6.45, 7) is 3.47. The monoisotopic (exact) mass is 324 g/mol. The van der Waals surface area contributed by atoms with Crippen molar-refractivity contribution in [3.8, 4) is 5.75 Å². The van der Waals surface area contributed by atoms with Gasteiger partial charge in [-0.15, -0.1) is 0 Å². The third kappa shape index (κ3) is 6.21. The molecule has 0 bridgehead atoms. The molecule has 0 fully saturated rings. The molecule has 2 heteroatoms. The van der Waals surface area contributed by atoms with Crippen molar-refractivity contribution in [3.05, 3.63) is 71.3 Å². The van der Waals surface area contributed by atoms with Gasteiger partial charge < -0.3 is 9.47 Å². The lowest BCUT2D eigenvalue weighted by Gasteiger charge is -2.10. The standard InChI is InChI=1S/C22H28O2/c1-3-4-5-6-10-13-20-16-22(23-2)15-14-21(20)18-24-17-19-11-8-7-9-12-19/h7-16H,3-6,17-18H2,1-2H3/b13-10+. The van der Waals surface area contributed by atoms with Crippen LogP contribution in [0.1, 0.15) is 49.3 Å². The molecule has 0 atom stereocenters. The molecule has 0 unspecified atom stereocenters. The van der Waals surface area contributed by atoms with Crippen molar-refractivity contribution in [2.24, 2.45) is 0 Å². The van der Waals surface area contributed by atoms with E-state index in [-0.39, 0.29) is 0 Å². The predicted octanol–water partition coefficient (Wildman–Crippen LogP) is 6.01.